The van der Waals surface area contributed by atoms with Gasteiger partial charge in [-0.1, -0.05) is 38.2 Å². The van der Waals surface area contributed by atoms with Gasteiger partial charge in [0.1, 0.15) is 0 Å². The van der Waals surface area contributed by atoms with Gasteiger partial charge in [0.25, 0.3) is 0 Å². The van der Waals surface area contributed by atoms with Crippen molar-refractivity contribution in [1.82, 2.24) is 0 Å². The van der Waals surface area contributed by atoms with Crippen molar-refractivity contribution in [2.75, 3.05) is 14.2 Å². The van der Waals surface area contributed by atoms with Crippen molar-refractivity contribution < 1.29 is 19.1 Å². The first-order chi connectivity index (χ1) is 10.5. The van der Waals surface area contributed by atoms with Crippen LogP contribution in [0.3, 0.4) is 0 Å². The molecule has 2 atom stereocenters. The van der Waals surface area contributed by atoms with Crippen LogP contribution in [-0.2, 0) is 19.1 Å². The molecule has 0 saturated carbocycles. The highest BCUT2D eigenvalue weighted by Crippen LogP contribution is 2.09. The highest BCUT2D eigenvalue weighted by atomic mass is 16.5. The molecule has 126 valence electrons. The number of hydrogen-bond acceptors (Lipinski definition) is 4. The summed E-state index contributed by atoms with van der Waals surface area (Å²) < 4.78 is 9.27. The zero-order valence-electron chi connectivity index (χ0n) is 14.3. The number of rotatable bonds is 11. The Hall–Kier alpha value is -1.58. The second-order valence-electron chi connectivity index (χ2n) is 5.66. The first kappa shape index (κ1) is 20.4. The highest BCUT2D eigenvalue weighted by Gasteiger charge is 2.05. The van der Waals surface area contributed by atoms with E-state index in [2.05, 4.69) is 33.8 Å². The Bertz CT molecular complexity index is 335. The van der Waals surface area contributed by atoms with Gasteiger partial charge in [0.2, 0.25) is 0 Å². The van der Waals surface area contributed by atoms with Crippen molar-refractivity contribution in [3.8, 4) is 0 Å². The molecule has 4 nitrogen and oxygen atoms in total. The lowest BCUT2D eigenvalue weighted by atomic mass is 10.1. The summed E-state index contributed by atoms with van der Waals surface area (Å²) in [5.41, 5.74) is 0. The Morgan fingerprint density at radius 1 is 0.818 bits per heavy atom. The van der Waals surface area contributed by atoms with Crippen LogP contribution in [0.2, 0.25) is 0 Å². The smallest absolute Gasteiger partial charge is 0.306 e. The van der Waals surface area contributed by atoms with E-state index in [9.17, 15) is 9.59 Å². The Morgan fingerprint density at radius 3 is 1.50 bits per heavy atom. The van der Waals surface area contributed by atoms with Crippen LogP contribution in [0.15, 0.2) is 24.3 Å². The van der Waals surface area contributed by atoms with E-state index < -0.39 is 0 Å². The van der Waals surface area contributed by atoms with Crippen molar-refractivity contribution in [3.05, 3.63) is 24.3 Å². The average molecular weight is 310 g/mol. The maximum atomic E-state index is 11.1. The summed E-state index contributed by atoms with van der Waals surface area (Å²) in [5.74, 6) is 0.129. The van der Waals surface area contributed by atoms with E-state index in [0.717, 1.165) is 25.7 Å². The molecule has 0 aliphatic rings. The summed E-state index contributed by atoms with van der Waals surface area (Å²) in [6.07, 6.45) is 13.6. The molecule has 0 aliphatic carbocycles. The summed E-state index contributed by atoms with van der Waals surface area (Å²) in [6, 6.07) is 0. The molecule has 0 amide bonds. The van der Waals surface area contributed by atoms with E-state index in [1.807, 2.05) is 13.8 Å². The molecule has 0 bridgehead atoms. The second-order valence-corrected chi connectivity index (χ2v) is 5.66. The highest BCUT2D eigenvalue weighted by molar-refractivity contribution is 5.69. The summed E-state index contributed by atoms with van der Waals surface area (Å²) in [4.78, 5) is 22.2. The van der Waals surface area contributed by atoms with Crippen LogP contribution in [0.5, 0.6) is 0 Å². The van der Waals surface area contributed by atoms with Gasteiger partial charge >= 0.3 is 11.9 Å². The Labute approximate surface area is 134 Å². The summed E-state index contributed by atoms with van der Waals surface area (Å²) >= 11 is 0. The van der Waals surface area contributed by atoms with Crippen LogP contribution in [0.25, 0.3) is 0 Å². The predicted octanol–water partition coefficient (Wildman–Crippen LogP) is 4.06. The zero-order valence-corrected chi connectivity index (χ0v) is 14.3. The molecule has 0 radical (unpaired) electrons. The minimum atomic E-state index is -0.164. The lowest BCUT2D eigenvalue weighted by molar-refractivity contribution is -0.142. The summed E-state index contributed by atoms with van der Waals surface area (Å²) in [6.45, 7) is 4.03. The topological polar surface area (TPSA) is 52.6 Å². The second kappa shape index (κ2) is 13.1. The molecule has 0 fully saturated rings. The molecule has 0 aromatic rings. The van der Waals surface area contributed by atoms with Crippen LogP contribution in [-0.4, -0.2) is 26.2 Å². The van der Waals surface area contributed by atoms with Gasteiger partial charge in [0, 0.05) is 0 Å². The van der Waals surface area contributed by atoms with Gasteiger partial charge in [-0.2, -0.15) is 0 Å². The standard InChI is InChI=1S/C18H30O4/c1-15(13-17(19)21-3)11-9-7-5-6-8-10-12-16(2)14-18(20)22-4/h9-12,15-16H,5-8,13-14H2,1-4H3/b11-9+,12-10+. The van der Waals surface area contributed by atoms with Crippen molar-refractivity contribution in [3.63, 3.8) is 0 Å². The molecule has 4 heteroatoms. The number of allylic oxidation sites excluding steroid dienone is 4. The minimum absolute atomic E-state index is 0.164. The van der Waals surface area contributed by atoms with Gasteiger partial charge in [-0.15, -0.1) is 0 Å². The minimum Gasteiger partial charge on any atom is -0.469 e. The Morgan fingerprint density at radius 2 is 1.18 bits per heavy atom. The van der Waals surface area contributed by atoms with E-state index in [-0.39, 0.29) is 23.8 Å². The fraction of sp³-hybridized carbons (Fsp3) is 0.667. The number of unbranched alkanes of at least 4 members (excludes halogenated alkanes) is 3. The third-order valence-corrected chi connectivity index (χ3v) is 3.35. The number of hydrogen-bond donors (Lipinski definition) is 0. The van der Waals surface area contributed by atoms with Crippen molar-refractivity contribution in [2.45, 2.75) is 52.4 Å². The molecule has 22 heavy (non-hydrogen) atoms. The van der Waals surface area contributed by atoms with E-state index in [1.165, 1.54) is 14.2 Å². The number of esters is 2. The maximum Gasteiger partial charge on any atom is 0.306 e. The monoisotopic (exact) mass is 310 g/mol. The zero-order chi connectivity index (χ0) is 16.8. The molecule has 0 spiro atoms. The Kier molecular flexibility index (Phi) is 12.2. The van der Waals surface area contributed by atoms with Gasteiger partial charge in [-0.3, -0.25) is 9.59 Å². The van der Waals surface area contributed by atoms with Crippen LogP contribution < -0.4 is 0 Å². The van der Waals surface area contributed by atoms with Gasteiger partial charge in [-0.25, -0.2) is 0 Å². The number of ether oxygens (including phenoxy) is 2. The summed E-state index contributed by atoms with van der Waals surface area (Å²) in [7, 11) is 2.83. The van der Waals surface area contributed by atoms with Crippen molar-refractivity contribution in [1.29, 1.82) is 0 Å². The fourth-order valence-corrected chi connectivity index (χ4v) is 2.01. The fourth-order valence-electron chi connectivity index (χ4n) is 2.01. The molecule has 0 aromatic heterocycles. The number of carbonyl (C=O) groups excluding carboxylic acids is 2. The Balaban J connectivity index is 3.64. The van der Waals surface area contributed by atoms with Crippen LogP contribution >= 0.6 is 0 Å². The molecule has 2 unspecified atom stereocenters. The molecule has 0 aliphatic heterocycles. The van der Waals surface area contributed by atoms with Gasteiger partial charge < -0.3 is 9.47 Å². The lowest BCUT2D eigenvalue weighted by Crippen LogP contribution is -2.05. The molecule has 0 aromatic carbocycles. The number of carbonyl (C=O) groups is 2. The van der Waals surface area contributed by atoms with E-state index in [4.69, 9.17) is 0 Å². The first-order valence-corrected chi connectivity index (χ1v) is 7.96. The molecule has 0 N–H and O–H groups in total. The lowest BCUT2D eigenvalue weighted by Gasteiger charge is -2.04. The quantitative estimate of drug-likeness (QED) is 0.328. The van der Waals surface area contributed by atoms with Crippen LogP contribution in [0, 0.1) is 11.8 Å². The first-order valence-electron chi connectivity index (χ1n) is 7.96. The van der Waals surface area contributed by atoms with Crippen LogP contribution in [0.1, 0.15) is 52.4 Å². The molecular weight excluding hydrogens is 280 g/mol. The maximum absolute atomic E-state index is 11.1. The van der Waals surface area contributed by atoms with E-state index in [1.54, 1.807) is 0 Å². The van der Waals surface area contributed by atoms with Crippen molar-refractivity contribution >= 4 is 11.9 Å². The van der Waals surface area contributed by atoms with Gasteiger partial charge in [0.05, 0.1) is 27.1 Å². The third kappa shape index (κ3) is 12.2. The van der Waals surface area contributed by atoms with E-state index >= 15 is 0 Å². The molecule has 0 saturated heterocycles. The van der Waals surface area contributed by atoms with Crippen LogP contribution in [0.4, 0.5) is 0 Å². The van der Waals surface area contributed by atoms with E-state index in [0.29, 0.717) is 12.8 Å². The third-order valence-electron chi connectivity index (χ3n) is 3.35. The summed E-state index contributed by atoms with van der Waals surface area (Å²) in [5, 5.41) is 0. The normalized spacial score (nSPS) is 14.2. The average Bonchev–Trinajstić information content (AvgIpc) is 2.49. The number of methoxy groups -OCH3 is 2. The molecular formula is C18H30O4. The SMILES string of the molecule is COC(=O)CC(C)/C=C/CCCC/C=C/C(C)CC(=O)OC. The van der Waals surface area contributed by atoms with Gasteiger partial charge in [-0.05, 0) is 37.5 Å². The largest absolute Gasteiger partial charge is 0.469 e. The van der Waals surface area contributed by atoms with Gasteiger partial charge in [0.15, 0.2) is 0 Å². The van der Waals surface area contributed by atoms with Crippen molar-refractivity contribution in [2.24, 2.45) is 11.8 Å². The molecule has 0 heterocycles. The molecule has 0 rings (SSSR count). The predicted molar refractivity (Wildman–Crippen MR) is 88.3 cm³/mol.